The summed E-state index contributed by atoms with van der Waals surface area (Å²) < 4.78 is 9.13. The summed E-state index contributed by atoms with van der Waals surface area (Å²) in [5, 5.41) is 4.12. The Bertz CT molecular complexity index is 658. The zero-order valence-electron chi connectivity index (χ0n) is 11.9. The van der Waals surface area contributed by atoms with Crippen molar-refractivity contribution >= 4 is 28.4 Å². The lowest BCUT2D eigenvalue weighted by molar-refractivity contribution is 0.181. The fourth-order valence-electron chi connectivity index (χ4n) is 2.21. The number of amides is 1. The third kappa shape index (κ3) is 2.97. The molecule has 1 atom stereocenters. The molecule has 1 aromatic heterocycles. The van der Waals surface area contributed by atoms with Crippen LogP contribution >= 0.6 is 11.5 Å². The maximum atomic E-state index is 11.6. The molecule has 1 aromatic carbocycles. The lowest BCUT2D eigenvalue weighted by atomic mass is 10.1. The number of carbonyl (C=O) groups is 1. The first-order valence-corrected chi connectivity index (χ1v) is 7.52. The van der Waals surface area contributed by atoms with Gasteiger partial charge in [0, 0.05) is 17.2 Å². The highest BCUT2D eigenvalue weighted by Crippen LogP contribution is 2.25. The molecule has 1 fully saturated rings. The summed E-state index contributed by atoms with van der Waals surface area (Å²) in [5.41, 5.74) is 1.94. The van der Waals surface area contributed by atoms with Crippen molar-refractivity contribution < 1.29 is 9.53 Å². The van der Waals surface area contributed by atoms with Gasteiger partial charge in [-0.15, -0.1) is 0 Å². The van der Waals surface area contributed by atoms with Crippen LogP contribution in [-0.2, 0) is 4.74 Å². The molecule has 1 aliphatic rings. The van der Waals surface area contributed by atoms with Gasteiger partial charge in [-0.2, -0.15) is 4.37 Å². The normalized spacial score (nSPS) is 15.9. The minimum Gasteiger partial charge on any atom is -0.447 e. The summed E-state index contributed by atoms with van der Waals surface area (Å²) >= 11 is 1.35. The third-order valence-corrected chi connectivity index (χ3v) is 4.05. The Balaban J connectivity index is 1.77. The first-order valence-electron chi connectivity index (χ1n) is 6.74. The molecular formula is C14H16N4O2S. The van der Waals surface area contributed by atoms with Gasteiger partial charge >= 0.3 is 6.09 Å². The second kappa shape index (κ2) is 5.69. The number of anilines is 2. The summed E-state index contributed by atoms with van der Waals surface area (Å²) in [6.45, 7) is 4.96. The van der Waals surface area contributed by atoms with E-state index in [4.69, 9.17) is 4.74 Å². The standard InChI is InChI=1S/C14H16N4O2S/c1-9(15-13-16-10(2)17-21-13)11-4-3-5-12(8-11)18-6-7-20-14(18)19/h3-5,8-9H,6-7H2,1-2H3,(H,15,16,17). The van der Waals surface area contributed by atoms with Crippen LogP contribution in [0.2, 0.25) is 0 Å². The highest BCUT2D eigenvalue weighted by Gasteiger charge is 2.23. The van der Waals surface area contributed by atoms with E-state index in [9.17, 15) is 4.79 Å². The predicted octanol–water partition coefficient (Wildman–Crippen LogP) is 2.98. The van der Waals surface area contributed by atoms with Gasteiger partial charge in [-0.1, -0.05) is 12.1 Å². The van der Waals surface area contributed by atoms with Crippen molar-refractivity contribution in [1.29, 1.82) is 0 Å². The molecule has 6 nitrogen and oxygen atoms in total. The van der Waals surface area contributed by atoms with Crippen molar-refractivity contribution in [2.45, 2.75) is 19.9 Å². The van der Waals surface area contributed by atoms with Crippen LogP contribution < -0.4 is 10.2 Å². The molecule has 0 spiro atoms. The lowest BCUT2D eigenvalue weighted by Crippen LogP contribution is -2.23. The Kier molecular flexibility index (Phi) is 3.74. The van der Waals surface area contributed by atoms with Crippen molar-refractivity contribution in [3.63, 3.8) is 0 Å². The molecule has 0 saturated carbocycles. The van der Waals surface area contributed by atoms with E-state index in [-0.39, 0.29) is 12.1 Å². The summed E-state index contributed by atoms with van der Waals surface area (Å²) in [4.78, 5) is 17.6. The molecule has 1 aliphatic heterocycles. The number of nitrogens with zero attached hydrogens (tertiary/aromatic N) is 3. The number of hydrogen-bond acceptors (Lipinski definition) is 6. The fourth-order valence-corrected chi connectivity index (χ4v) is 2.88. The van der Waals surface area contributed by atoms with Crippen LogP contribution in [0.25, 0.3) is 0 Å². The van der Waals surface area contributed by atoms with Crippen LogP contribution in [0.5, 0.6) is 0 Å². The number of benzene rings is 1. The number of hydrogen-bond donors (Lipinski definition) is 1. The zero-order valence-corrected chi connectivity index (χ0v) is 12.7. The molecule has 0 aliphatic carbocycles. The number of nitrogens with one attached hydrogen (secondary N) is 1. The van der Waals surface area contributed by atoms with E-state index < -0.39 is 0 Å². The molecule has 3 rings (SSSR count). The molecular weight excluding hydrogens is 288 g/mol. The SMILES string of the molecule is Cc1nsc(NC(C)c2cccc(N3CCOC3=O)c2)n1. The van der Waals surface area contributed by atoms with Crippen LogP contribution in [0.4, 0.5) is 15.6 Å². The number of cyclic esters (lactones) is 1. The second-order valence-electron chi connectivity index (χ2n) is 4.87. The van der Waals surface area contributed by atoms with Crippen molar-refractivity contribution in [3.05, 3.63) is 35.7 Å². The maximum absolute atomic E-state index is 11.6. The number of aromatic nitrogens is 2. The quantitative estimate of drug-likeness (QED) is 0.940. The monoisotopic (exact) mass is 304 g/mol. The predicted molar refractivity (Wildman–Crippen MR) is 81.8 cm³/mol. The van der Waals surface area contributed by atoms with Gasteiger partial charge in [0.25, 0.3) is 0 Å². The smallest absolute Gasteiger partial charge is 0.414 e. The average Bonchev–Trinajstić information content (AvgIpc) is 3.07. The molecule has 1 unspecified atom stereocenters. The van der Waals surface area contributed by atoms with Crippen molar-refractivity contribution in [1.82, 2.24) is 9.36 Å². The van der Waals surface area contributed by atoms with E-state index in [1.807, 2.05) is 31.2 Å². The molecule has 2 heterocycles. The molecule has 21 heavy (non-hydrogen) atoms. The summed E-state index contributed by atoms with van der Waals surface area (Å²) in [6.07, 6.45) is -0.285. The number of carbonyl (C=O) groups excluding carboxylic acids is 1. The van der Waals surface area contributed by atoms with E-state index in [1.165, 1.54) is 11.5 Å². The molecule has 110 valence electrons. The van der Waals surface area contributed by atoms with Gasteiger partial charge < -0.3 is 10.1 Å². The number of aryl methyl sites for hydroxylation is 1. The van der Waals surface area contributed by atoms with E-state index in [0.717, 1.165) is 22.2 Å². The summed E-state index contributed by atoms with van der Waals surface area (Å²) in [7, 11) is 0. The minimum absolute atomic E-state index is 0.0796. The molecule has 7 heteroatoms. The summed E-state index contributed by atoms with van der Waals surface area (Å²) in [5.74, 6) is 0.767. The molecule has 1 amide bonds. The molecule has 0 radical (unpaired) electrons. The van der Waals surface area contributed by atoms with Gasteiger partial charge in [-0.3, -0.25) is 4.90 Å². The molecule has 0 bridgehead atoms. The topological polar surface area (TPSA) is 67.3 Å². The van der Waals surface area contributed by atoms with Gasteiger partial charge in [0.05, 0.1) is 12.6 Å². The van der Waals surface area contributed by atoms with Gasteiger partial charge in [0.1, 0.15) is 12.4 Å². The highest BCUT2D eigenvalue weighted by molar-refractivity contribution is 7.09. The average molecular weight is 304 g/mol. The zero-order chi connectivity index (χ0) is 14.8. The van der Waals surface area contributed by atoms with Crippen molar-refractivity contribution in [2.75, 3.05) is 23.4 Å². The van der Waals surface area contributed by atoms with Crippen molar-refractivity contribution in [2.24, 2.45) is 0 Å². The Morgan fingerprint density at radius 3 is 3.00 bits per heavy atom. The Hall–Kier alpha value is -2.15. The first kappa shape index (κ1) is 13.8. The highest BCUT2D eigenvalue weighted by atomic mass is 32.1. The van der Waals surface area contributed by atoms with Gasteiger partial charge in [0.2, 0.25) is 5.13 Å². The second-order valence-corrected chi connectivity index (χ2v) is 5.63. The number of rotatable bonds is 4. The Labute approximate surface area is 126 Å². The molecule has 1 N–H and O–H groups in total. The third-order valence-electron chi connectivity index (χ3n) is 3.31. The van der Waals surface area contributed by atoms with Gasteiger partial charge in [0.15, 0.2) is 0 Å². The van der Waals surface area contributed by atoms with Gasteiger partial charge in [-0.25, -0.2) is 9.78 Å². The Morgan fingerprint density at radius 2 is 2.33 bits per heavy atom. The van der Waals surface area contributed by atoms with E-state index in [1.54, 1.807) is 4.90 Å². The summed E-state index contributed by atoms with van der Waals surface area (Å²) in [6, 6.07) is 7.96. The minimum atomic E-state index is -0.285. The lowest BCUT2D eigenvalue weighted by Gasteiger charge is -2.17. The van der Waals surface area contributed by atoms with Crippen LogP contribution in [0.15, 0.2) is 24.3 Å². The van der Waals surface area contributed by atoms with Crippen LogP contribution in [-0.4, -0.2) is 28.6 Å². The molecule has 1 saturated heterocycles. The Morgan fingerprint density at radius 1 is 1.48 bits per heavy atom. The van der Waals surface area contributed by atoms with E-state index >= 15 is 0 Å². The largest absolute Gasteiger partial charge is 0.447 e. The number of ether oxygens (including phenoxy) is 1. The van der Waals surface area contributed by atoms with Crippen molar-refractivity contribution in [3.8, 4) is 0 Å². The fraction of sp³-hybridized carbons (Fsp3) is 0.357. The van der Waals surface area contributed by atoms with Crippen LogP contribution in [0.1, 0.15) is 24.4 Å². The van der Waals surface area contributed by atoms with Crippen LogP contribution in [0.3, 0.4) is 0 Å². The van der Waals surface area contributed by atoms with E-state index in [0.29, 0.717) is 13.2 Å². The maximum Gasteiger partial charge on any atom is 0.414 e. The van der Waals surface area contributed by atoms with Gasteiger partial charge in [-0.05, 0) is 31.5 Å². The van der Waals surface area contributed by atoms with E-state index in [2.05, 4.69) is 21.6 Å². The first-order chi connectivity index (χ1) is 10.1. The van der Waals surface area contributed by atoms with Crippen LogP contribution in [0, 0.1) is 6.92 Å². The molecule has 2 aromatic rings.